The molecule has 24 heavy (non-hydrogen) atoms. The molecule has 0 aliphatic carbocycles. The summed E-state index contributed by atoms with van der Waals surface area (Å²) in [5.74, 6) is 0.328. The Bertz CT molecular complexity index is 797. The molecule has 0 atom stereocenters. The van der Waals surface area contributed by atoms with Gasteiger partial charge in [0.05, 0.1) is 5.56 Å². The van der Waals surface area contributed by atoms with Crippen LogP contribution in [0.15, 0.2) is 67.0 Å². The van der Waals surface area contributed by atoms with Crippen molar-refractivity contribution < 1.29 is 9.90 Å². The summed E-state index contributed by atoms with van der Waals surface area (Å²) in [5, 5.41) is 8.81. The molecule has 0 aliphatic heterocycles. The smallest absolute Gasteiger partial charge is 0.191 e. The number of nitrogens with zero attached hydrogens (tertiary/aromatic N) is 2. The highest BCUT2D eigenvalue weighted by atomic mass is 16.3. The molecule has 0 spiro atoms. The second kappa shape index (κ2) is 7.62. The van der Waals surface area contributed by atoms with Gasteiger partial charge in [0.25, 0.3) is 0 Å². The maximum atomic E-state index is 11.3. The summed E-state index contributed by atoms with van der Waals surface area (Å²) >= 11 is 0. The second-order valence-electron chi connectivity index (χ2n) is 5.53. The van der Waals surface area contributed by atoms with Crippen LogP contribution in [0.3, 0.4) is 0 Å². The minimum Gasteiger partial charge on any atom is -0.388 e. The van der Waals surface area contributed by atoms with E-state index < -0.39 is 6.61 Å². The van der Waals surface area contributed by atoms with Crippen LogP contribution in [-0.4, -0.2) is 27.5 Å². The molecule has 4 heteroatoms. The second-order valence-corrected chi connectivity index (χ2v) is 5.53. The first-order valence-corrected chi connectivity index (χ1v) is 7.85. The Morgan fingerprint density at radius 2 is 1.46 bits per heavy atom. The minimum atomic E-state index is -0.517. The summed E-state index contributed by atoms with van der Waals surface area (Å²) in [6, 6.07) is 18.7. The number of hydrogen-bond donors (Lipinski definition) is 1. The molecule has 0 fully saturated rings. The molecular weight excluding hydrogens is 300 g/mol. The Morgan fingerprint density at radius 3 is 2.08 bits per heavy atom. The van der Waals surface area contributed by atoms with Crippen molar-refractivity contribution in [2.24, 2.45) is 0 Å². The topological polar surface area (TPSA) is 63.1 Å². The first-order valence-electron chi connectivity index (χ1n) is 7.85. The van der Waals surface area contributed by atoms with Gasteiger partial charge in [-0.2, -0.15) is 0 Å². The van der Waals surface area contributed by atoms with Gasteiger partial charge in [0, 0.05) is 18.8 Å². The van der Waals surface area contributed by atoms with Crippen LogP contribution < -0.4 is 0 Å². The summed E-state index contributed by atoms with van der Waals surface area (Å²) in [6.45, 7) is -0.517. The van der Waals surface area contributed by atoms with E-state index in [1.807, 2.05) is 18.2 Å². The maximum Gasteiger partial charge on any atom is 0.191 e. The van der Waals surface area contributed by atoms with Gasteiger partial charge in [-0.1, -0.05) is 54.6 Å². The van der Waals surface area contributed by atoms with Gasteiger partial charge < -0.3 is 5.11 Å². The van der Waals surface area contributed by atoms with E-state index in [1.54, 1.807) is 0 Å². The van der Waals surface area contributed by atoms with Crippen LogP contribution in [0.1, 0.15) is 21.7 Å². The van der Waals surface area contributed by atoms with E-state index >= 15 is 0 Å². The Hall–Kier alpha value is -2.85. The molecule has 0 amide bonds. The molecule has 0 bridgehead atoms. The number of ketones is 1. The lowest BCUT2D eigenvalue weighted by atomic mass is 10.0. The number of Topliss-reactive ketones (excluding diaryl/α,β-unsaturated/α-hetero) is 1. The van der Waals surface area contributed by atoms with Crippen molar-refractivity contribution in [2.45, 2.75) is 12.8 Å². The van der Waals surface area contributed by atoms with E-state index in [9.17, 15) is 4.79 Å². The Kier molecular flexibility index (Phi) is 5.08. The van der Waals surface area contributed by atoms with Crippen molar-refractivity contribution in [2.75, 3.05) is 6.61 Å². The van der Waals surface area contributed by atoms with Gasteiger partial charge in [-0.15, -0.1) is 0 Å². The van der Waals surface area contributed by atoms with Crippen LogP contribution in [0.5, 0.6) is 0 Å². The fraction of sp³-hybridized carbons (Fsp3) is 0.150. The normalized spacial score (nSPS) is 10.5. The first-order chi connectivity index (χ1) is 11.8. The van der Waals surface area contributed by atoms with Gasteiger partial charge in [-0.05, 0) is 23.1 Å². The average Bonchev–Trinajstić information content (AvgIpc) is 2.67. The molecule has 1 aromatic heterocycles. The van der Waals surface area contributed by atoms with E-state index in [1.165, 1.54) is 29.1 Å². The van der Waals surface area contributed by atoms with Crippen molar-refractivity contribution in [1.82, 2.24) is 9.97 Å². The quantitative estimate of drug-likeness (QED) is 0.709. The third-order valence-electron chi connectivity index (χ3n) is 3.87. The molecule has 0 saturated heterocycles. The summed E-state index contributed by atoms with van der Waals surface area (Å²) in [7, 11) is 0. The molecule has 0 aliphatic rings. The van der Waals surface area contributed by atoms with Crippen LogP contribution in [0.2, 0.25) is 0 Å². The molecule has 0 unspecified atom stereocenters. The third kappa shape index (κ3) is 3.91. The molecule has 2 aromatic carbocycles. The Morgan fingerprint density at radius 1 is 0.833 bits per heavy atom. The van der Waals surface area contributed by atoms with Crippen LogP contribution in [0.4, 0.5) is 0 Å². The molecule has 0 radical (unpaired) electrons. The molecule has 1 N–H and O–H groups in total. The summed E-state index contributed by atoms with van der Waals surface area (Å²) in [4.78, 5) is 19.7. The van der Waals surface area contributed by atoms with Crippen molar-refractivity contribution in [3.05, 3.63) is 83.9 Å². The molecule has 3 rings (SSSR count). The largest absolute Gasteiger partial charge is 0.388 e. The van der Waals surface area contributed by atoms with Crippen molar-refractivity contribution in [3.63, 3.8) is 0 Å². The first kappa shape index (κ1) is 16.0. The number of aliphatic hydroxyl groups excluding tert-OH is 1. The highest BCUT2D eigenvalue weighted by Gasteiger charge is 2.06. The third-order valence-corrected chi connectivity index (χ3v) is 3.87. The van der Waals surface area contributed by atoms with E-state index in [2.05, 4.69) is 46.4 Å². The van der Waals surface area contributed by atoms with E-state index in [0.717, 1.165) is 6.42 Å². The summed E-state index contributed by atoms with van der Waals surface area (Å²) in [5.41, 5.74) is 3.96. The van der Waals surface area contributed by atoms with Crippen molar-refractivity contribution in [3.8, 4) is 11.1 Å². The standard InChI is InChI=1S/C20H18N2O2/c23-14-19(24)18-12-21-20(22-13-18)11-8-15-6-9-17(10-7-15)16-4-2-1-3-5-16/h1-7,9-10,12-13,23H,8,11,14H2. The van der Waals surface area contributed by atoms with Gasteiger partial charge in [0.1, 0.15) is 12.4 Å². The van der Waals surface area contributed by atoms with E-state index in [-0.39, 0.29) is 5.78 Å². The van der Waals surface area contributed by atoms with Gasteiger partial charge >= 0.3 is 0 Å². The lowest BCUT2D eigenvalue weighted by Gasteiger charge is -2.05. The minimum absolute atomic E-state index is 0.341. The fourth-order valence-corrected chi connectivity index (χ4v) is 2.47. The number of aliphatic hydroxyl groups is 1. The van der Waals surface area contributed by atoms with Gasteiger partial charge in [0.2, 0.25) is 0 Å². The van der Waals surface area contributed by atoms with Crippen LogP contribution in [0.25, 0.3) is 11.1 Å². The van der Waals surface area contributed by atoms with Gasteiger partial charge in [-0.25, -0.2) is 9.97 Å². The van der Waals surface area contributed by atoms with Gasteiger partial charge in [-0.3, -0.25) is 4.79 Å². The SMILES string of the molecule is O=C(CO)c1cnc(CCc2ccc(-c3ccccc3)cc2)nc1. The number of rotatable bonds is 6. The zero-order valence-electron chi connectivity index (χ0n) is 13.2. The Balaban J connectivity index is 1.61. The summed E-state index contributed by atoms with van der Waals surface area (Å²) in [6.07, 6.45) is 4.49. The molecule has 120 valence electrons. The predicted molar refractivity (Wildman–Crippen MR) is 92.7 cm³/mol. The molecule has 4 nitrogen and oxygen atoms in total. The lowest BCUT2D eigenvalue weighted by Crippen LogP contribution is -2.07. The fourth-order valence-electron chi connectivity index (χ4n) is 2.47. The molecule has 3 aromatic rings. The van der Waals surface area contributed by atoms with E-state index in [4.69, 9.17) is 5.11 Å². The molecule has 1 heterocycles. The number of hydrogen-bond acceptors (Lipinski definition) is 4. The van der Waals surface area contributed by atoms with Crippen molar-refractivity contribution >= 4 is 5.78 Å². The number of benzene rings is 2. The summed E-state index contributed by atoms with van der Waals surface area (Å²) < 4.78 is 0. The lowest BCUT2D eigenvalue weighted by molar-refractivity contribution is 0.0903. The average molecular weight is 318 g/mol. The number of carbonyl (C=O) groups is 1. The highest BCUT2D eigenvalue weighted by Crippen LogP contribution is 2.19. The molecule has 0 saturated carbocycles. The Labute approximate surface area is 140 Å². The maximum absolute atomic E-state index is 11.3. The van der Waals surface area contributed by atoms with Crippen molar-refractivity contribution in [1.29, 1.82) is 0 Å². The number of aryl methyl sites for hydroxylation is 2. The van der Waals surface area contributed by atoms with Crippen LogP contribution >= 0.6 is 0 Å². The number of carbonyl (C=O) groups excluding carboxylic acids is 1. The van der Waals surface area contributed by atoms with Crippen LogP contribution in [0, 0.1) is 0 Å². The predicted octanol–water partition coefficient (Wildman–Crippen LogP) is 3.10. The van der Waals surface area contributed by atoms with Gasteiger partial charge in [0.15, 0.2) is 5.78 Å². The highest BCUT2D eigenvalue weighted by molar-refractivity contribution is 5.96. The molecular formula is C20H18N2O2. The van der Waals surface area contributed by atoms with E-state index in [0.29, 0.717) is 17.8 Å². The zero-order chi connectivity index (χ0) is 16.8. The van der Waals surface area contributed by atoms with Crippen LogP contribution in [-0.2, 0) is 12.8 Å². The number of aromatic nitrogens is 2. The zero-order valence-corrected chi connectivity index (χ0v) is 13.2. The monoisotopic (exact) mass is 318 g/mol.